The van der Waals surface area contributed by atoms with Crippen molar-refractivity contribution in [1.82, 2.24) is 10.2 Å². The minimum absolute atomic E-state index is 0. The van der Waals surface area contributed by atoms with Crippen LogP contribution in [-0.2, 0) is 6.54 Å². The van der Waals surface area contributed by atoms with Crippen LogP contribution in [0.1, 0.15) is 17.5 Å². The molecule has 2 aliphatic rings. The van der Waals surface area contributed by atoms with Gasteiger partial charge in [-0.05, 0) is 62.0 Å². The molecule has 1 aromatic rings. The van der Waals surface area contributed by atoms with Gasteiger partial charge < -0.3 is 5.32 Å². The highest BCUT2D eigenvalue weighted by molar-refractivity contribution is 5.85. The molecule has 106 valence electrons. The van der Waals surface area contributed by atoms with Gasteiger partial charge in [0.1, 0.15) is 5.82 Å². The Morgan fingerprint density at radius 1 is 1.32 bits per heavy atom. The average molecular weight is 285 g/mol. The van der Waals surface area contributed by atoms with Crippen molar-refractivity contribution in [3.8, 4) is 0 Å². The molecule has 0 saturated carbocycles. The fraction of sp³-hybridized carbons (Fsp3) is 0.600. The molecule has 0 radical (unpaired) electrons. The summed E-state index contributed by atoms with van der Waals surface area (Å²) < 4.78 is 13.2. The molecule has 0 spiro atoms. The van der Waals surface area contributed by atoms with E-state index in [2.05, 4.69) is 10.2 Å². The van der Waals surface area contributed by atoms with E-state index in [1.807, 2.05) is 19.1 Å². The van der Waals surface area contributed by atoms with E-state index in [-0.39, 0.29) is 18.2 Å². The van der Waals surface area contributed by atoms with Crippen LogP contribution in [-0.4, -0.2) is 31.1 Å². The third kappa shape index (κ3) is 3.28. The molecule has 4 heteroatoms. The van der Waals surface area contributed by atoms with Crippen molar-refractivity contribution in [2.45, 2.75) is 19.9 Å². The van der Waals surface area contributed by atoms with Gasteiger partial charge >= 0.3 is 0 Å². The van der Waals surface area contributed by atoms with E-state index in [9.17, 15) is 4.39 Å². The Morgan fingerprint density at radius 3 is 2.89 bits per heavy atom. The zero-order valence-electron chi connectivity index (χ0n) is 11.4. The van der Waals surface area contributed by atoms with Crippen molar-refractivity contribution in [2.24, 2.45) is 11.8 Å². The number of hydrogen-bond donors (Lipinski definition) is 1. The largest absolute Gasteiger partial charge is 0.316 e. The molecule has 2 heterocycles. The second-order valence-electron chi connectivity index (χ2n) is 5.79. The first kappa shape index (κ1) is 14.8. The Morgan fingerprint density at radius 2 is 2.11 bits per heavy atom. The van der Waals surface area contributed by atoms with Gasteiger partial charge in [0, 0.05) is 13.1 Å². The number of nitrogens with one attached hydrogen (secondary N) is 1. The average Bonchev–Trinajstić information content (AvgIpc) is 2.81. The molecular formula is C15H22ClFN2. The van der Waals surface area contributed by atoms with Crippen molar-refractivity contribution in [1.29, 1.82) is 0 Å². The maximum absolute atomic E-state index is 13.2. The van der Waals surface area contributed by atoms with Gasteiger partial charge in [-0.15, -0.1) is 12.4 Å². The summed E-state index contributed by atoms with van der Waals surface area (Å²) in [7, 11) is 0. The number of nitrogens with zero attached hydrogens (tertiary/aromatic N) is 1. The summed E-state index contributed by atoms with van der Waals surface area (Å²) in [5.41, 5.74) is 1.99. The first-order chi connectivity index (χ1) is 8.72. The Balaban J connectivity index is 0.00000133. The van der Waals surface area contributed by atoms with Crippen LogP contribution in [0.2, 0.25) is 0 Å². The van der Waals surface area contributed by atoms with Crippen molar-refractivity contribution in [3.63, 3.8) is 0 Å². The van der Waals surface area contributed by atoms with Crippen molar-refractivity contribution >= 4 is 12.4 Å². The summed E-state index contributed by atoms with van der Waals surface area (Å²) in [5, 5.41) is 3.49. The molecule has 2 atom stereocenters. The summed E-state index contributed by atoms with van der Waals surface area (Å²) in [6.45, 7) is 7.54. The molecule has 2 fully saturated rings. The highest BCUT2D eigenvalue weighted by atomic mass is 35.5. The maximum Gasteiger partial charge on any atom is 0.126 e. The lowest BCUT2D eigenvalue weighted by Gasteiger charge is -2.34. The third-order valence-corrected chi connectivity index (χ3v) is 4.42. The summed E-state index contributed by atoms with van der Waals surface area (Å²) in [4.78, 5) is 2.51. The molecule has 2 aliphatic heterocycles. The molecule has 2 nitrogen and oxygen atoms in total. The Kier molecular flexibility index (Phi) is 4.82. The van der Waals surface area contributed by atoms with E-state index >= 15 is 0 Å². The minimum atomic E-state index is -0.0996. The highest BCUT2D eigenvalue weighted by Crippen LogP contribution is 2.27. The Bertz CT molecular complexity index is 438. The van der Waals surface area contributed by atoms with Crippen molar-refractivity contribution in [3.05, 3.63) is 35.1 Å². The fourth-order valence-electron chi connectivity index (χ4n) is 3.32. The van der Waals surface area contributed by atoms with E-state index in [1.54, 1.807) is 6.07 Å². The number of aryl methyl sites for hydroxylation is 1. The molecule has 1 aromatic carbocycles. The molecule has 3 rings (SSSR count). The van der Waals surface area contributed by atoms with Crippen LogP contribution in [0.15, 0.2) is 18.2 Å². The van der Waals surface area contributed by atoms with Crippen LogP contribution in [0, 0.1) is 24.6 Å². The highest BCUT2D eigenvalue weighted by Gasteiger charge is 2.32. The van der Waals surface area contributed by atoms with Crippen LogP contribution in [0.3, 0.4) is 0 Å². The first-order valence-electron chi connectivity index (χ1n) is 6.90. The van der Waals surface area contributed by atoms with E-state index in [0.717, 1.165) is 23.9 Å². The SMILES string of the molecule is Cc1cc(CN2CCC3CNCC3C2)ccc1F.Cl. The van der Waals surface area contributed by atoms with E-state index in [4.69, 9.17) is 0 Å². The molecule has 0 aliphatic carbocycles. The number of piperidine rings is 1. The summed E-state index contributed by atoms with van der Waals surface area (Å²) in [6, 6.07) is 5.49. The number of likely N-dealkylation sites (tertiary alicyclic amines) is 1. The van der Waals surface area contributed by atoms with Gasteiger partial charge in [-0.1, -0.05) is 12.1 Å². The van der Waals surface area contributed by atoms with Gasteiger partial charge in [-0.2, -0.15) is 0 Å². The van der Waals surface area contributed by atoms with E-state index in [0.29, 0.717) is 0 Å². The number of hydrogen-bond acceptors (Lipinski definition) is 2. The van der Waals surface area contributed by atoms with Crippen LogP contribution in [0.5, 0.6) is 0 Å². The van der Waals surface area contributed by atoms with Crippen molar-refractivity contribution in [2.75, 3.05) is 26.2 Å². The molecule has 0 aromatic heterocycles. The minimum Gasteiger partial charge on any atom is -0.316 e. The second-order valence-corrected chi connectivity index (χ2v) is 5.79. The quantitative estimate of drug-likeness (QED) is 0.898. The zero-order valence-corrected chi connectivity index (χ0v) is 12.2. The summed E-state index contributed by atoms with van der Waals surface area (Å²) in [6.07, 6.45) is 1.30. The number of fused-ring (bicyclic) bond motifs is 1. The van der Waals surface area contributed by atoms with Gasteiger partial charge in [0.05, 0.1) is 0 Å². The molecular weight excluding hydrogens is 263 g/mol. The van der Waals surface area contributed by atoms with Crippen LogP contribution in [0.25, 0.3) is 0 Å². The predicted octanol–water partition coefficient (Wildman–Crippen LogP) is 2.60. The molecule has 1 N–H and O–H groups in total. The van der Waals surface area contributed by atoms with E-state index in [1.165, 1.54) is 38.2 Å². The molecule has 19 heavy (non-hydrogen) atoms. The lowest BCUT2D eigenvalue weighted by molar-refractivity contribution is 0.142. The standard InChI is InChI=1S/C15H21FN2.ClH/c1-11-6-12(2-3-15(11)16)9-18-5-4-13-7-17-8-14(13)10-18;/h2-3,6,13-14,17H,4-5,7-10H2,1H3;1H. The third-order valence-electron chi connectivity index (χ3n) is 4.42. The van der Waals surface area contributed by atoms with Gasteiger partial charge in [-0.3, -0.25) is 4.90 Å². The van der Waals surface area contributed by atoms with Crippen LogP contribution in [0.4, 0.5) is 4.39 Å². The maximum atomic E-state index is 13.2. The Labute approximate surface area is 120 Å². The lowest BCUT2D eigenvalue weighted by Crippen LogP contribution is -2.39. The lowest BCUT2D eigenvalue weighted by atomic mass is 9.88. The molecule has 0 bridgehead atoms. The van der Waals surface area contributed by atoms with Gasteiger partial charge in [0.2, 0.25) is 0 Å². The Hall–Kier alpha value is -0.640. The van der Waals surface area contributed by atoms with E-state index < -0.39 is 0 Å². The fourth-order valence-corrected chi connectivity index (χ4v) is 3.32. The predicted molar refractivity (Wildman–Crippen MR) is 78.1 cm³/mol. The van der Waals surface area contributed by atoms with Gasteiger partial charge in [0.25, 0.3) is 0 Å². The monoisotopic (exact) mass is 284 g/mol. The van der Waals surface area contributed by atoms with Gasteiger partial charge in [0.15, 0.2) is 0 Å². The second kappa shape index (κ2) is 6.21. The van der Waals surface area contributed by atoms with Crippen LogP contribution >= 0.6 is 12.4 Å². The smallest absolute Gasteiger partial charge is 0.126 e. The number of halogens is 2. The zero-order chi connectivity index (χ0) is 12.5. The summed E-state index contributed by atoms with van der Waals surface area (Å²) in [5.74, 6) is 1.61. The normalized spacial score (nSPS) is 26.8. The summed E-state index contributed by atoms with van der Waals surface area (Å²) >= 11 is 0. The van der Waals surface area contributed by atoms with Crippen molar-refractivity contribution < 1.29 is 4.39 Å². The molecule has 2 saturated heterocycles. The number of rotatable bonds is 2. The number of benzene rings is 1. The first-order valence-corrected chi connectivity index (χ1v) is 6.90. The van der Waals surface area contributed by atoms with Crippen LogP contribution < -0.4 is 5.32 Å². The van der Waals surface area contributed by atoms with Gasteiger partial charge in [-0.25, -0.2) is 4.39 Å². The topological polar surface area (TPSA) is 15.3 Å². The molecule has 2 unspecified atom stereocenters. The molecule has 0 amide bonds.